The number of furan rings is 1. The molecular formula is C14H14ClNO2. The second kappa shape index (κ2) is 4.65. The zero-order valence-electron chi connectivity index (χ0n) is 9.91. The molecule has 0 spiro atoms. The molecule has 0 radical (unpaired) electrons. The van der Waals surface area contributed by atoms with Crippen LogP contribution in [0.5, 0.6) is 0 Å². The number of hydrogen-bond acceptors (Lipinski definition) is 2. The number of fused-ring (bicyclic) bond motifs is 1. The summed E-state index contributed by atoms with van der Waals surface area (Å²) in [5.74, 6) is 0.230. The molecule has 1 fully saturated rings. The first-order valence-electron chi connectivity index (χ1n) is 6.22. The molecule has 1 aliphatic carbocycles. The summed E-state index contributed by atoms with van der Waals surface area (Å²) in [4.78, 5) is 12.0. The SMILES string of the molecule is O=C(NC1CCCC1)c1cc2cc(Cl)ccc2o1. The standard InChI is InChI=1S/C14H14ClNO2/c15-10-5-6-12-9(7-10)8-13(18-12)14(17)16-11-3-1-2-4-11/h5-8,11H,1-4H2,(H,16,17). The largest absolute Gasteiger partial charge is 0.451 e. The van der Waals surface area contributed by atoms with E-state index < -0.39 is 0 Å². The zero-order chi connectivity index (χ0) is 12.5. The normalized spacial score (nSPS) is 16.3. The minimum atomic E-state index is -0.130. The van der Waals surface area contributed by atoms with Crippen molar-refractivity contribution in [2.45, 2.75) is 31.7 Å². The maximum absolute atomic E-state index is 12.0. The molecule has 0 bridgehead atoms. The fourth-order valence-corrected chi connectivity index (χ4v) is 2.63. The second-order valence-electron chi connectivity index (χ2n) is 4.75. The highest BCUT2D eigenvalue weighted by Crippen LogP contribution is 2.24. The molecule has 0 saturated heterocycles. The van der Waals surface area contributed by atoms with Gasteiger partial charge in [0.25, 0.3) is 5.91 Å². The van der Waals surface area contributed by atoms with Gasteiger partial charge >= 0.3 is 0 Å². The van der Waals surface area contributed by atoms with E-state index in [1.807, 2.05) is 0 Å². The summed E-state index contributed by atoms with van der Waals surface area (Å²) in [5.41, 5.74) is 0.691. The Kier molecular flexibility index (Phi) is 3.00. The van der Waals surface area contributed by atoms with Gasteiger partial charge in [-0.25, -0.2) is 0 Å². The lowest BCUT2D eigenvalue weighted by atomic mass is 10.2. The quantitative estimate of drug-likeness (QED) is 0.896. The fraction of sp³-hybridized carbons (Fsp3) is 0.357. The Balaban J connectivity index is 1.82. The third-order valence-corrected chi connectivity index (χ3v) is 3.63. The highest BCUT2D eigenvalue weighted by atomic mass is 35.5. The highest BCUT2D eigenvalue weighted by Gasteiger charge is 2.20. The van der Waals surface area contributed by atoms with Gasteiger partial charge in [-0.05, 0) is 37.1 Å². The summed E-state index contributed by atoms with van der Waals surface area (Å²) in [6.07, 6.45) is 4.52. The highest BCUT2D eigenvalue weighted by molar-refractivity contribution is 6.31. The van der Waals surface area contributed by atoms with Crippen molar-refractivity contribution in [1.82, 2.24) is 5.32 Å². The minimum Gasteiger partial charge on any atom is -0.451 e. The fourth-order valence-electron chi connectivity index (χ4n) is 2.45. The van der Waals surface area contributed by atoms with Crippen LogP contribution in [0.4, 0.5) is 0 Å². The molecule has 3 nitrogen and oxygen atoms in total. The van der Waals surface area contributed by atoms with Crippen LogP contribution < -0.4 is 5.32 Å². The molecule has 0 aliphatic heterocycles. The summed E-state index contributed by atoms with van der Waals surface area (Å²) >= 11 is 5.90. The molecule has 1 aromatic heterocycles. The first-order valence-corrected chi connectivity index (χ1v) is 6.60. The van der Waals surface area contributed by atoms with Crippen molar-refractivity contribution in [2.75, 3.05) is 0 Å². The Morgan fingerprint density at radius 2 is 2.06 bits per heavy atom. The topological polar surface area (TPSA) is 42.2 Å². The van der Waals surface area contributed by atoms with Crippen molar-refractivity contribution >= 4 is 28.5 Å². The van der Waals surface area contributed by atoms with Crippen LogP contribution in [0.1, 0.15) is 36.2 Å². The van der Waals surface area contributed by atoms with E-state index in [2.05, 4.69) is 5.32 Å². The molecule has 0 atom stereocenters. The van der Waals surface area contributed by atoms with Gasteiger partial charge in [-0.2, -0.15) is 0 Å². The van der Waals surface area contributed by atoms with Crippen LogP contribution in [-0.4, -0.2) is 11.9 Å². The van der Waals surface area contributed by atoms with Gasteiger partial charge < -0.3 is 9.73 Å². The summed E-state index contributed by atoms with van der Waals surface area (Å²) in [6.45, 7) is 0. The van der Waals surface area contributed by atoms with Gasteiger partial charge in [0, 0.05) is 16.5 Å². The molecule has 3 rings (SSSR count). The van der Waals surface area contributed by atoms with E-state index in [0.29, 0.717) is 22.4 Å². The minimum absolute atomic E-state index is 0.130. The van der Waals surface area contributed by atoms with Gasteiger partial charge in [0.05, 0.1) is 0 Å². The molecule has 18 heavy (non-hydrogen) atoms. The van der Waals surface area contributed by atoms with Crippen LogP contribution in [0.2, 0.25) is 5.02 Å². The predicted molar refractivity (Wildman–Crippen MR) is 70.9 cm³/mol. The summed E-state index contributed by atoms with van der Waals surface area (Å²) in [6, 6.07) is 7.38. The Morgan fingerprint density at radius 1 is 1.28 bits per heavy atom. The smallest absolute Gasteiger partial charge is 0.287 e. The van der Waals surface area contributed by atoms with Crippen LogP contribution in [0.15, 0.2) is 28.7 Å². The monoisotopic (exact) mass is 263 g/mol. The van der Waals surface area contributed by atoms with Crippen molar-refractivity contribution in [3.8, 4) is 0 Å². The van der Waals surface area contributed by atoms with Crippen LogP contribution in [0, 0.1) is 0 Å². The van der Waals surface area contributed by atoms with Gasteiger partial charge in [-0.3, -0.25) is 4.79 Å². The number of nitrogens with one attached hydrogen (secondary N) is 1. The third kappa shape index (κ3) is 2.23. The van der Waals surface area contributed by atoms with Gasteiger partial charge in [0.15, 0.2) is 5.76 Å². The Hall–Kier alpha value is -1.48. The van der Waals surface area contributed by atoms with Gasteiger partial charge in [0.2, 0.25) is 0 Å². The molecule has 1 N–H and O–H groups in total. The molecule has 0 unspecified atom stereocenters. The lowest BCUT2D eigenvalue weighted by Gasteiger charge is -2.09. The van der Waals surface area contributed by atoms with Crippen molar-refractivity contribution in [3.63, 3.8) is 0 Å². The first kappa shape index (κ1) is 11.6. The Labute approximate surface area is 110 Å². The summed E-state index contributed by atoms with van der Waals surface area (Å²) < 4.78 is 5.52. The van der Waals surface area contributed by atoms with Gasteiger partial charge in [-0.15, -0.1) is 0 Å². The number of amides is 1. The molecule has 1 saturated carbocycles. The molecule has 2 aromatic rings. The van der Waals surface area contributed by atoms with E-state index in [1.54, 1.807) is 24.3 Å². The number of benzene rings is 1. The van der Waals surface area contributed by atoms with E-state index >= 15 is 0 Å². The van der Waals surface area contributed by atoms with E-state index in [-0.39, 0.29) is 5.91 Å². The molecule has 1 aromatic carbocycles. The van der Waals surface area contributed by atoms with E-state index in [0.717, 1.165) is 18.2 Å². The molecule has 1 heterocycles. The van der Waals surface area contributed by atoms with Crippen molar-refractivity contribution in [3.05, 3.63) is 35.0 Å². The Morgan fingerprint density at radius 3 is 2.83 bits per heavy atom. The van der Waals surface area contributed by atoms with Crippen molar-refractivity contribution in [1.29, 1.82) is 0 Å². The van der Waals surface area contributed by atoms with Crippen LogP contribution >= 0.6 is 11.6 Å². The third-order valence-electron chi connectivity index (χ3n) is 3.39. The maximum Gasteiger partial charge on any atom is 0.287 e. The second-order valence-corrected chi connectivity index (χ2v) is 5.18. The number of hydrogen-bond donors (Lipinski definition) is 1. The molecule has 4 heteroatoms. The van der Waals surface area contributed by atoms with Crippen LogP contribution in [-0.2, 0) is 0 Å². The van der Waals surface area contributed by atoms with Crippen LogP contribution in [0.25, 0.3) is 11.0 Å². The summed E-state index contributed by atoms with van der Waals surface area (Å²) in [7, 11) is 0. The number of carbonyl (C=O) groups is 1. The van der Waals surface area contributed by atoms with E-state index in [4.69, 9.17) is 16.0 Å². The van der Waals surface area contributed by atoms with Gasteiger partial charge in [-0.1, -0.05) is 24.4 Å². The lowest BCUT2D eigenvalue weighted by molar-refractivity contribution is 0.0912. The number of halogens is 1. The number of carbonyl (C=O) groups excluding carboxylic acids is 1. The molecular weight excluding hydrogens is 250 g/mol. The first-order chi connectivity index (χ1) is 8.72. The van der Waals surface area contributed by atoms with Crippen molar-refractivity contribution in [2.24, 2.45) is 0 Å². The van der Waals surface area contributed by atoms with Gasteiger partial charge in [0.1, 0.15) is 5.58 Å². The maximum atomic E-state index is 12.0. The average Bonchev–Trinajstić information content (AvgIpc) is 2.96. The molecule has 1 amide bonds. The summed E-state index contributed by atoms with van der Waals surface area (Å²) in [5, 5.41) is 4.51. The lowest BCUT2D eigenvalue weighted by Crippen LogP contribution is -2.32. The average molecular weight is 264 g/mol. The van der Waals surface area contributed by atoms with Crippen molar-refractivity contribution < 1.29 is 9.21 Å². The van der Waals surface area contributed by atoms with Crippen LogP contribution in [0.3, 0.4) is 0 Å². The predicted octanol–water partition coefficient (Wildman–Crippen LogP) is 3.76. The number of rotatable bonds is 2. The zero-order valence-corrected chi connectivity index (χ0v) is 10.7. The Bertz CT molecular complexity index is 584. The van der Waals surface area contributed by atoms with E-state index in [1.165, 1.54) is 12.8 Å². The molecule has 1 aliphatic rings. The molecule has 94 valence electrons. The van der Waals surface area contributed by atoms with E-state index in [9.17, 15) is 4.79 Å².